The van der Waals surface area contributed by atoms with E-state index >= 15 is 0 Å². The Bertz CT molecular complexity index is 1060. The molecule has 2 N–H and O–H groups in total. The Morgan fingerprint density at radius 2 is 1.36 bits per heavy atom. The first-order valence-corrected chi connectivity index (χ1v) is 15.6. The second-order valence-corrected chi connectivity index (χ2v) is 12.0. The van der Waals surface area contributed by atoms with Gasteiger partial charge < -0.3 is 15.3 Å². The summed E-state index contributed by atoms with van der Waals surface area (Å²) in [6, 6.07) is 17.4. The van der Waals surface area contributed by atoms with Crippen molar-refractivity contribution in [3.8, 4) is 0 Å². The highest BCUT2D eigenvalue weighted by molar-refractivity contribution is 8.14. The summed E-state index contributed by atoms with van der Waals surface area (Å²) in [6.45, 7) is 0.295. The number of nitrogens with zero attached hydrogens (tertiary/aromatic N) is 1. The lowest BCUT2D eigenvalue weighted by Crippen LogP contribution is -2.48. The molecule has 7 heteroatoms. The molecule has 2 fully saturated rings. The van der Waals surface area contributed by atoms with Crippen molar-refractivity contribution in [2.45, 2.75) is 102 Å². The molecule has 39 heavy (non-hydrogen) atoms. The van der Waals surface area contributed by atoms with Crippen LogP contribution in [-0.2, 0) is 22.6 Å². The molecule has 5 rings (SSSR count). The van der Waals surface area contributed by atoms with Crippen molar-refractivity contribution < 1.29 is 19.5 Å². The zero-order chi connectivity index (χ0) is 27.5. The fraction of sp³-hybridized carbons (Fsp3) is 0.531. The van der Waals surface area contributed by atoms with Crippen LogP contribution in [0.4, 0.5) is 0 Å². The van der Waals surface area contributed by atoms with Crippen molar-refractivity contribution in [1.29, 1.82) is 0 Å². The predicted molar refractivity (Wildman–Crippen MR) is 157 cm³/mol. The number of thioether (sulfide) groups is 1. The Morgan fingerprint density at radius 3 is 1.95 bits per heavy atom. The third-order valence-corrected chi connectivity index (χ3v) is 9.00. The summed E-state index contributed by atoms with van der Waals surface area (Å²) < 4.78 is 0. The number of benzene rings is 2. The number of fused-ring (bicyclic) bond motifs is 1. The normalized spacial score (nSPS) is 19.9. The van der Waals surface area contributed by atoms with Crippen LogP contribution in [0.3, 0.4) is 0 Å². The Morgan fingerprint density at radius 1 is 0.795 bits per heavy atom. The lowest BCUT2D eigenvalue weighted by Gasteiger charge is -2.34. The van der Waals surface area contributed by atoms with Crippen LogP contribution in [0.5, 0.6) is 0 Å². The summed E-state index contributed by atoms with van der Waals surface area (Å²) in [5.74, 6) is -0.905. The number of carbonyl (C=O) groups excluding carboxylic acids is 2. The van der Waals surface area contributed by atoms with Gasteiger partial charge in [-0.15, -0.1) is 0 Å². The molecular weight excluding hydrogens is 508 g/mol. The van der Waals surface area contributed by atoms with Crippen LogP contribution in [0.2, 0.25) is 0 Å². The summed E-state index contributed by atoms with van der Waals surface area (Å²) in [5.41, 5.74) is 2.55. The van der Waals surface area contributed by atoms with E-state index in [0.29, 0.717) is 24.3 Å². The zero-order valence-corrected chi connectivity index (χ0v) is 23.7. The van der Waals surface area contributed by atoms with Gasteiger partial charge in [0.25, 0.3) is 0 Å². The van der Waals surface area contributed by atoms with E-state index in [0.717, 1.165) is 35.0 Å². The van der Waals surface area contributed by atoms with Gasteiger partial charge >= 0.3 is 5.97 Å². The summed E-state index contributed by atoms with van der Waals surface area (Å²) >= 11 is 1.08. The molecule has 1 heterocycles. The van der Waals surface area contributed by atoms with Gasteiger partial charge in [0, 0.05) is 42.8 Å². The molecule has 2 aromatic carbocycles. The number of amides is 1. The van der Waals surface area contributed by atoms with Gasteiger partial charge in [-0.3, -0.25) is 9.59 Å². The molecule has 3 aliphatic rings. The smallest absolute Gasteiger partial charge is 0.326 e. The third-order valence-electron chi connectivity index (χ3n) is 8.09. The van der Waals surface area contributed by atoms with E-state index in [4.69, 9.17) is 0 Å². The number of hydrogen-bond donors (Lipinski definition) is 2. The van der Waals surface area contributed by atoms with Crippen LogP contribution < -0.4 is 5.32 Å². The highest BCUT2D eigenvalue weighted by Gasteiger charge is 2.34. The van der Waals surface area contributed by atoms with Crippen molar-refractivity contribution >= 4 is 28.8 Å². The molecule has 2 aromatic rings. The number of carbonyl (C=O) groups is 3. The molecule has 210 valence electrons. The van der Waals surface area contributed by atoms with Gasteiger partial charge in [-0.1, -0.05) is 105 Å². The third kappa shape index (κ3) is 8.94. The van der Waals surface area contributed by atoms with Gasteiger partial charge in [0.2, 0.25) is 11.0 Å². The SMILES string of the molecule is C1CCC(NC2CCCCC2)CC1.O=C(SCCC(=O)N1Cc2ccccc2CC1C(=O)O)c1ccccc1. The van der Waals surface area contributed by atoms with E-state index in [2.05, 4.69) is 5.32 Å². The van der Waals surface area contributed by atoms with Crippen LogP contribution in [0.15, 0.2) is 54.6 Å². The molecule has 0 aromatic heterocycles. The Balaban J connectivity index is 0.000000226. The van der Waals surface area contributed by atoms with Gasteiger partial charge in [-0.25, -0.2) is 4.79 Å². The van der Waals surface area contributed by atoms with Crippen molar-refractivity contribution in [2.24, 2.45) is 0 Å². The quantitative estimate of drug-likeness (QED) is 0.425. The minimum atomic E-state index is -0.999. The van der Waals surface area contributed by atoms with Crippen LogP contribution in [0.1, 0.15) is 92.1 Å². The van der Waals surface area contributed by atoms with Crippen molar-refractivity contribution in [1.82, 2.24) is 10.2 Å². The van der Waals surface area contributed by atoms with Gasteiger partial charge in [-0.2, -0.15) is 0 Å². The predicted octanol–water partition coefficient (Wildman–Crippen LogP) is 6.23. The maximum Gasteiger partial charge on any atom is 0.326 e. The fourth-order valence-corrected chi connectivity index (χ4v) is 6.67. The van der Waals surface area contributed by atoms with Crippen molar-refractivity contribution in [3.05, 3.63) is 71.3 Å². The van der Waals surface area contributed by atoms with Gasteiger partial charge in [0.1, 0.15) is 6.04 Å². The molecule has 1 atom stereocenters. The van der Waals surface area contributed by atoms with Crippen LogP contribution >= 0.6 is 11.8 Å². The fourth-order valence-electron chi connectivity index (χ4n) is 5.91. The maximum atomic E-state index is 12.6. The lowest BCUT2D eigenvalue weighted by atomic mass is 9.91. The highest BCUT2D eigenvalue weighted by Crippen LogP contribution is 2.25. The van der Waals surface area contributed by atoms with Crippen LogP contribution in [0, 0.1) is 0 Å². The minimum Gasteiger partial charge on any atom is -0.480 e. The maximum absolute atomic E-state index is 12.6. The summed E-state index contributed by atoms with van der Waals surface area (Å²) in [7, 11) is 0. The van der Waals surface area contributed by atoms with E-state index < -0.39 is 12.0 Å². The first-order valence-electron chi connectivity index (χ1n) is 14.6. The largest absolute Gasteiger partial charge is 0.480 e. The molecule has 0 bridgehead atoms. The summed E-state index contributed by atoms with van der Waals surface area (Å²) in [4.78, 5) is 37.7. The van der Waals surface area contributed by atoms with E-state index in [1.807, 2.05) is 30.3 Å². The number of nitrogens with one attached hydrogen (secondary N) is 1. The Kier molecular flexibility index (Phi) is 11.5. The van der Waals surface area contributed by atoms with E-state index in [-0.39, 0.29) is 17.4 Å². The Labute approximate surface area is 236 Å². The zero-order valence-electron chi connectivity index (χ0n) is 22.9. The topological polar surface area (TPSA) is 86.7 Å². The van der Waals surface area contributed by atoms with Gasteiger partial charge in [-0.05, 0) is 36.8 Å². The molecule has 2 aliphatic carbocycles. The van der Waals surface area contributed by atoms with Crippen LogP contribution in [0.25, 0.3) is 0 Å². The second kappa shape index (κ2) is 15.2. The highest BCUT2D eigenvalue weighted by atomic mass is 32.2. The number of rotatable bonds is 7. The van der Waals surface area contributed by atoms with Gasteiger partial charge in [0.05, 0.1) is 0 Å². The average molecular weight is 551 g/mol. The number of carboxylic acids is 1. The number of carboxylic acid groups (broad SMARTS) is 1. The lowest BCUT2D eigenvalue weighted by molar-refractivity contribution is -0.151. The standard InChI is InChI=1S/C20H19NO4S.C12H23N/c22-18(10-11-26-20(25)14-6-2-1-3-7-14)21-13-16-9-5-4-8-15(16)12-17(21)19(23)24;1-3-7-11(8-4-1)13-12-9-5-2-6-10-12/h1-9,17H,10-13H2,(H,23,24);11-13H,1-10H2. The molecule has 2 saturated carbocycles. The van der Waals surface area contributed by atoms with Gasteiger partial charge in [0.15, 0.2) is 0 Å². The minimum absolute atomic E-state index is 0.0859. The van der Waals surface area contributed by atoms with Crippen molar-refractivity contribution in [3.63, 3.8) is 0 Å². The van der Waals surface area contributed by atoms with Crippen molar-refractivity contribution in [2.75, 3.05) is 5.75 Å². The molecule has 1 unspecified atom stereocenters. The first-order chi connectivity index (χ1) is 19.0. The van der Waals surface area contributed by atoms with E-state index in [1.54, 1.807) is 24.3 Å². The molecule has 0 radical (unpaired) electrons. The molecule has 1 aliphatic heterocycles. The molecule has 1 amide bonds. The van der Waals surface area contributed by atoms with Crippen LogP contribution in [-0.4, -0.2) is 50.9 Å². The average Bonchev–Trinajstić information content (AvgIpc) is 2.98. The monoisotopic (exact) mass is 550 g/mol. The molecular formula is C32H42N2O4S. The summed E-state index contributed by atoms with van der Waals surface area (Å²) in [5, 5.41) is 13.3. The Hall–Kier alpha value is -2.64. The molecule has 0 saturated heterocycles. The molecule has 6 nitrogen and oxygen atoms in total. The first kappa shape index (κ1) is 29.3. The second-order valence-electron chi connectivity index (χ2n) is 10.9. The number of aliphatic carboxylic acids is 1. The van der Waals surface area contributed by atoms with E-state index in [9.17, 15) is 19.5 Å². The molecule has 0 spiro atoms. The number of hydrogen-bond acceptors (Lipinski definition) is 5. The summed E-state index contributed by atoms with van der Waals surface area (Å²) in [6.07, 6.45) is 15.0. The van der Waals surface area contributed by atoms with E-state index in [1.165, 1.54) is 69.1 Å².